The lowest BCUT2D eigenvalue weighted by Gasteiger charge is -2.25. The number of hydrogen-bond donors (Lipinski definition) is 0. The van der Waals surface area contributed by atoms with Gasteiger partial charge in [0.2, 0.25) is 0 Å². The van der Waals surface area contributed by atoms with E-state index >= 15 is 0 Å². The van der Waals surface area contributed by atoms with Crippen LogP contribution in [-0.4, -0.2) is 48.6 Å². The van der Waals surface area contributed by atoms with E-state index in [2.05, 4.69) is 24.8 Å². The predicted molar refractivity (Wildman–Crippen MR) is 133 cm³/mol. The third-order valence-corrected chi connectivity index (χ3v) is 6.34. The predicted octanol–water partition coefficient (Wildman–Crippen LogP) is 5.72. The SMILES string of the molecule is CCOc1cccc2sc(N(CCN(CC)CC)C(=O)c3ccc(C)cc3C)nc12.Cl. The molecule has 0 saturated heterocycles. The first kappa shape index (κ1) is 25.1. The number of ether oxygens (including phenoxy) is 1. The molecule has 0 aliphatic carbocycles. The Labute approximate surface area is 195 Å². The van der Waals surface area contributed by atoms with E-state index in [0.717, 1.165) is 52.3 Å². The molecule has 0 bridgehead atoms. The number of carbonyl (C=O) groups excluding carboxylic acids is 1. The molecule has 0 saturated carbocycles. The van der Waals surface area contributed by atoms with Gasteiger partial charge in [0.1, 0.15) is 11.3 Å². The van der Waals surface area contributed by atoms with Crippen LogP contribution in [0.3, 0.4) is 0 Å². The summed E-state index contributed by atoms with van der Waals surface area (Å²) in [5.74, 6) is 0.761. The highest BCUT2D eigenvalue weighted by Crippen LogP contribution is 2.35. The van der Waals surface area contributed by atoms with Crippen molar-refractivity contribution in [2.75, 3.05) is 37.7 Å². The number of amides is 1. The molecular formula is C24H32ClN3O2S. The van der Waals surface area contributed by atoms with Crippen molar-refractivity contribution in [2.45, 2.75) is 34.6 Å². The topological polar surface area (TPSA) is 45.7 Å². The summed E-state index contributed by atoms with van der Waals surface area (Å²) >= 11 is 1.54. The van der Waals surface area contributed by atoms with Crippen molar-refractivity contribution in [3.8, 4) is 5.75 Å². The molecule has 0 N–H and O–H groups in total. The molecule has 3 aromatic rings. The molecule has 3 rings (SSSR count). The highest BCUT2D eigenvalue weighted by Gasteiger charge is 2.24. The van der Waals surface area contributed by atoms with Crippen LogP contribution in [0.1, 0.15) is 42.3 Å². The number of fused-ring (bicyclic) bond motifs is 1. The van der Waals surface area contributed by atoms with Gasteiger partial charge in [-0.25, -0.2) is 4.98 Å². The van der Waals surface area contributed by atoms with Crippen molar-refractivity contribution in [3.63, 3.8) is 0 Å². The van der Waals surface area contributed by atoms with Crippen molar-refractivity contribution in [2.24, 2.45) is 0 Å². The molecule has 5 nitrogen and oxygen atoms in total. The number of hydrogen-bond acceptors (Lipinski definition) is 5. The zero-order valence-corrected chi connectivity index (χ0v) is 20.6. The van der Waals surface area contributed by atoms with Crippen LogP contribution in [0.4, 0.5) is 5.13 Å². The number of benzene rings is 2. The van der Waals surface area contributed by atoms with Gasteiger partial charge in [-0.3, -0.25) is 9.69 Å². The lowest BCUT2D eigenvalue weighted by Crippen LogP contribution is -2.39. The molecule has 1 aromatic heterocycles. The Morgan fingerprint density at radius 1 is 1.06 bits per heavy atom. The number of para-hydroxylation sites is 1. The van der Waals surface area contributed by atoms with Crippen LogP contribution < -0.4 is 9.64 Å². The van der Waals surface area contributed by atoms with Gasteiger partial charge in [-0.15, -0.1) is 12.4 Å². The zero-order valence-electron chi connectivity index (χ0n) is 19.0. The quantitative estimate of drug-likeness (QED) is 0.408. The maximum absolute atomic E-state index is 13.6. The average molecular weight is 462 g/mol. The van der Waals surface area contributed by atoms with E-state index in [-0.39, 0.29) is 18.3 Å². The van der Waals surface area contributed by atoms with Crippen LogP contribution in [0, 0.1) is 13.8 Å². The van der Waals surface area contributed by atoms with Gasteiger partial charge in [-0.2, -0.15) is 0 Å². The maximum atomic E-state index is 13.6. The van der Waals surface area contributed by atoms with E-state index in [1.54, 1.807) is 0 Å². The van der Waals surface area contributed by atoms with Gasteiger partial charge in [-0.05, 0) is 57.6 Å². The minimum atomic E-state index is -0.00308. The number of aryl methyl sites for hydroxylation is 2. The Morgan fingerprint density at radius 2 is 1.81 bits per heavy atom. The number of thiazole rings is 1. The molecule has 0 aliphatic rings. The second-order valence-electron chi connectivity index (χ2n) is 7.33. The lowest BCUT2D eigenvalue weighted by atomic mass is 10.0. The summed E-state index contributed by atoms with van der Waals surface area (Å²) in [5, 5.41) is 0.717. The Bertz CT molecular complexity index is 1020. The van der Waals surface area contributed by atoms with Crippen LogP contribution in [0.15, 0.2) is 36.4 Å². The van der Waals surface area contributed by atoms with Crippen LogP contribution in [0.25, 0.3) is 10.2 Å². The number of nitrogens with zero attached hydrogens (tertiary/aromatic N) is 3. The van der Waals surface area contributed by atoms with Crippen molar-refractivity contribution < 1.29 is 9.53 Å². The number of rotatable bonds is 9. The highest BCUT2D eigenvalue weighted by molar-refractivity contribution is 7.22. The van der Waals surface area contributed by atoms with Gasteiger partial charge >= 0.3 is 0 Å². The van der Waals surface area contributed by atoms with Crippen molar-refractivity contribution in [1.29, 1.82) is 0 Å². The van der Waals surface area contributed by atoms with Gasteiger partial charge in [0, 0.05) is 18.7 Å². The summed E-state index contributed by atoms with van der Waals surface area (Å²) in [6, 6.07) is 11.9. The standard InChI is InChI=1S/C24H31N3O2S.ClH/c1-6-26(7-2)14-15-27(23(28)19-13-12-17(4)16-18(19)5)24-25-22-20(29-8-3)10-9-11-21(22)30-24;/h9-13,16H,6-8,14-15H2,1-5H3;1H. The van der Waals surface area contributed by atoms with Crippen LogP contribution in [0.2, 0.25) is 0 Å². The molecule has 168 valence electrons. The second kappa shape index (κ2) is 11.5. The van der Waals surface area contributed by atoms with Gasteiger partial charge < -0.3 is 9.64 Å². The minimum absolute atomic E-state index is 0. The Balaban J connectivity index is 0.00000341. The molecule has 2 aromatic carbocycles. The summed E-state index contributed by atoms with van der Waals surface area (Å²) in [4.78, 5) is 22.6. The van der Waals surface area contributed by atoms with Crippen LogP contribution >= 0.6 is 23.7 Å². The summed E-state index contributed by atoms with van der Waals surface area (Å²) in [5.41, 5.74) is 3.69. The first-order valence-electron chi connectivity index (χ1n) is 10.6. The largest absolute Gasteiger partial charge is 0.492 e. The minimum Gasteiger partial charge on any atom is -0.492 e. The van der Waals surface area contributed by atoms with Gasteiger partial charge in [0.15, 0.2) is 5.13 Å². The van der Waals surface area contributed by atoms with Crippen LogP contribution in [-0.2, 0) is 0 Å². The monoisotopic (exact) mass is 461 g/mol. The molecule has 0 spiro atoms. The summed E-state index contributed by atoms with van der Waals surface area (Å²) in [6.45, 7) is 14.2. The van der Waals surface area contributed by atoms with Crippen molar-refractivity contribution in [3.05, 3.63) is 53.1 Å². The fourth-order valence-corrected chi connectivity index (χ4v) is 4.57. The first-order chi connectivity index (χ1) is 14.5. The molecule has 0 aliphatic heterocycles. The summed E-state index contributed by atoms with van der Waals surface area (Å²) < 4.78 is 6.78. The molecule has 0 unspecified atom stereocenters. The molecule has 7 heteroatoms. The number of carbonyl (C=O) groups is 1. The van der Waals surface area contributed by atoms with E-state index in [0.29, 0.717) is 18.3 Å². The molecular weight excluding hydrogens is 430 g/mol. The van der Waals surface area contributed by atoms with Crippen LogP contribution in [0.5, 0.6) is 5.75 Å². The smallest absolute Gasteiger partial charge is 0.260 e. The Morgan fingerprint density at radius 3 is 2.45 bits per heavy atom. The highest BCUT2D eigenvalue weighted by atomic mass is 35.5. The molecule has 1 amide bonds. The fourth-order valence-electron chi connectivity index (χ4n) is 3.56. The van der Waals surface area contributed by atoms with Gasteiger partial charge in [-0.1, -0.05) is 48.9 Å². The lowest BCUT2D eigenvalue weighted by molar-refractivity contribution is 0.0983. The van der Waals surface area contributed by atoms with E-state index in [1.165, 1.54) is 11.3 Å². The van der Waals surface area contributed by atoms with Gasteiger partial charge in [0.05, 0.1) is 11.3 Å². The Hall–Kier alpha value is -2.15. The molecule has 0 atom stereocenters. The first-order valence-corrected chi connectivity index (χ1v) is 11.4. The average Bonchev–Trinajstić information content (AvgIpc) is 3.16. The summed E-state index contributed by atoms with van der Waals surface area (Å²) in [6.07, 6.45) is 0. The normalized spacial score (nSPS) is 10.9. The maximum Gasteiger partial charge on any atom is 0.260 e. The second-order valence-corrected chi connectivity index (χ2v) is 8.34. The third-order valence-electron chi connectivity index (χ3n) is 5.29. The van der Waals surface area contributed by atoms with Gasteiger partial charge in [0.25, 0.3) is 5.91 Å². The number of likely N-dealkylation sites (N-methyl/N-ethyl adjacent to an activating group) is 1. The number of anilines is 1. The van der Waals surface area contributed by atoms with Crippen molar-refractivity contribution in [1.82, 2.24) is 9.88 Å². The van der Waals surface area contributed by atoms with E-state index in [4.69, 9.17) is 9.72 Å². The van der Waals surface area contributed by atoms with Crippen molar-refractivity contribution >= 4 is 45.0 Å². The third kappa shape index (κ3) is 5.76. The zero-order chi connectivity index (χ0) is 21.7. The fraction of sp³-hybridized carbons (Fsp3) is 0.417. The van der Waals surface area contributed by atoms with E-state index < -0.39 is 0 Å². The summed E-state index contributed by atoms with van der Waals surface area (Å²) in [7, 11) is 0. The molecule has 0 fully saturated rings. The number of aromatic nitrogens is 1. The Kier molecular flexibility index (Phi) is 9.29. The number of halogens is 1. The molecule has 1 heterocycles. The van der Waals surface area contributed by atoms with E-state index in [9.17, 15) is 4.79 Å². The molecule has 0 radical (unpaired) electrons. The van der Waals surface area contributed by atoms with E-state index in [1.807, 2.05) is 56.0 Å². The molecule has 31 heavy (non-hydrogen) atoms.